The van der Waals surface area contributed by atoms with Crippen LogP contribution in [0.5, 0.6) is 0 Å². The van der Waals surface area contributed by atoms with Crippen molar-refractivity contribution >= 4 is 53.4 Å². The quantitative estimate of drug-likeness (QED) is 0.208. The Morgan fingerprint density at radius 2 is 0.977 bits per heavy atom. The molecule has 3 aromatic heterocycles. The molecule has 3 heterocycles. The Morgan fingerprint density at radius 3 is 1.66 bits per heavy atom. The topological polar surface area (TPSA) is 30.7 Å². The van der Waals surface area contributed by atoms with Crippen LogP contribution in [0.3, 0.4) is 0 Å². The van der Waals surface area contributed by atoms with E-state index in [1.54, 1.807) is 11.3 Å². The van der Waals surface area contributed by atoms with Gasteiger partial charge in [-0.05, 0) is 41.5 Å². The summed E-state index contributed by atoms with van der Waals surface area (Å²) in [6.07, 6.45) is 0. The van der Waals surface area contributed by atoms with Crippen molar-refractivity contribution in [3.63, 3.8) is 0 Å². The van der Waals surface area contributed by atoms with Gasteiger partial charge in [0.2, 0.25) is 0 Å². The van der Waals surface area contributed by atoms with Gasteiger partial charge in [-0.15, -0.1) is 11.3 Å². The van der Waals surface area contributed by atoms with Gasteiger partial charge < -0.3 is 4.57 Å². The van der Waals surface area contributed by atoms with Gasteiger partial charge in [0.15, 0.2) is 5.82 Å². The minimum absolute atomic E-state index is 0.746. The van der Waals surface area contributed by atoms with E-state index in [4.69, 9.17) is 9.97 Å². The SMILES string of the molecule is c1ccc(-c2nc(-c3ccc(-c4ccc(-n5c6ccccc6c6ccccc65)cc4)cc3)nc3sc4ccccc4c23)cc1. The molecule has 9 rings (SSSR count). The van der Waals surface area contributed by atoms with Crippen molar-refractivity contribution in [1.29, 1.82) is 0 Å². The second kappa shape index (κ2) is 10.0. The summed E-state index contributed by atoms with van der Waals surface area (Å²) in [6.45, 7) is 0. The fourth-order valence-electron chi connectivity index (χ4n) is 6.37. The molecule has 9 aromatic rings. The molecular formula is C40H25N3S. The largest absolute Gasteiger partial charge is 0.309 e. The highest BCUT2D eigenvalue weighted by Gasteiger charge is 2.17. The molecule has 0 spiro atoms. The zero-order chi connectivity index (χ0) is 29.0. The van der Waals surface area contributed by atoms with E-state index in [1.165, 1.54) is 37.5 Å². The second-order valence-electron chi connectivity index (χ2n) is 11.0. The van der Waals surface area contributed by atoms with Gasteiger partial charge in [-0.1, -0.05) is 121 Å². The lowest BCUT2D eigenvalue weighted by Gasteiger charge is -2.10. The molecule has 0 aliphatic heterocycles. The van der Waals surface area contributed by atoms with Crippen LogP contribution in [0.25, 0.3) is 81.6 Å². The van der Waals surface area contributed by atoms with Gasteiger partial charge in [-0.3, -0.25) is 0 Å². The van der Waals surface area contributed by atoms with Gasteiger partial charge in [0, 0.05) is 43.1 Å². The van der Waals surface area contributed by atoms with Crippen LogP contribution in [0.4, 0.5) is 0 Å². The summed E-state index contributed by atoms with van der Waals surface area (Å²) in [5.74, 6) is 0.746. The number of benzene rings is 6. The maximum Gasteiger partial charge on any atom is 0.161 e. The molecule has 0 bridgehead atoms. The second-order valence-corrected chi connectivity index (χ2v) is 12.1. The highest BCUT2D eigenvalue weighted by Crippen LogP contribution is 2.39. The fraction of sp³-hybridized carbons (Fsp3) is 0. The van der Waals surface area contributed by atoms with Crippen LogP contribution in [-0.4, -0.2) is 14.5 Å². The summed E-state index contributed by atoms with van der Waals surface area (Å²) in [7, 11) is 0. The summed E-state index contributed by atoms with van der Waals surface area (Å²) in [4.78, 5) is 11.2. The molecule has 0 N–H and O–H groups in total. The molecule has 0 amide bonds. The predicted molar refractivity (Wildman–Crippen MR) is 186 cm³/mol. The average molecular weight is 580 g/mol. The van der Waals surface area contributed by atoms with Gasteiger partial charge in [-0.2, -0.15) is 0 Å². The number of nitrogens with zero attached hydrogens (tertiary/aromatic N) is 3. The first-order valence-electron chi connectivity index (χ1n) is 14.8. The standard InChI is InChI=1S/C40H25N3S/c1-2-10-28(11-3-1)38-37-33-14-6-9-17-36(33)44-40(37)42-39(41-38)29-20-18-26(19-21-29)27-22-24-30(25-23-27)43-34-15-7-4-12-31(34)32-13-5-8-16-35(32)43/h1-25H. The highest BCUT2D eigenvalue weighted by molar-refractivity contribution is 7.25. The van der Waals surface area contributed by atoms with Gasteiger partial charge in [-0.25, -0.2) is 9.97 Å². The van der Waals surface area contributed by atoms with Crippen LogP contribution in [0.15, 0.2) is 152 Å². The molecule has 0 atom stereocenters. The first-order valence-corrected chi connectivity index (χ1v) is 15.6. The smallest absolute Gasteiger partial charge is 0.161 e. The van der Waals surface area contributed by atoms with E-state index in [-0.39, 0.29) is 0 Å². The Balaban J connectivity index is 1.10. The van der Waals surface area contributed by atoms with Gasteiger partial charge in [0.1, 0.15) is 4.83 Å². The van der Waals surface area contributed by atoms with E-state index in [0.717, 1.165) is 44.1 Å². The van der Waals surface area contributed by atoms with Crippen LogP contribution < -0.4 is 0 Å². The molecule has 0 unspecified atom stereocenters. The van der Waals surface area contributed by atoms with Gasteiger partial charge >= 0.3 is 0 Å². The molecular weight excluding hydrogens is 555 g/mol. The number of aromatic nitrogens is 3. The Kier molecular flexibility index (Phi) is 5.68. The molecule has 0 aliphatic rings. The third kappa shape index (κ3) is 3.96. The van der Waals surface area contributed by atoms with Crippen molar-refractivity contribution in [2.75, 3.05) is 0 Å². The van der Waals surface area contributed by atoms with E-state index in [1.807, 2.05) is 6.07 Å². The Labute approximate surface area is 258 Å². The van der Waals surface area contributed by atoms with E-state index >= 15 is 0 Å². The van der Waals surface area contributed by atoms with Crippen LogP contribution in [-0.2, 0) is 0 Å². The Hall–Kier alpha value is -5.58. The normalized spacial score (nSPS) is 11.6. The summed E-state index contributed by atoms with van der Waals surface area (Å²) < 4.78 is 3.58. The van der Waals surface area contributed by atoms with Crippen molar-refractivity contribution in [3.05, 3.63) is 152 Å². The third-order valence-corrected chi connectivity index (χ3v) is 9.53. The minimum Gasteiger partial charge on any atom is -0.309 e. The van der Waals surface area contributed by atoms with Crippen LogP contribution in [0.2, 0.25) is 0 Å². The van der Waals surface area contributed by atoms with E-state index in [0.29, 0.717) is 0 Å². The molecule has 4 heteroatoms. The predicted octanol–water partition coefficient (Wildman–Crippen LogP) is 10.9. The Morgan fingerprint density at radius 1 is 0.432 bits per heavy atom. The van der Waals surface area contributed by atoms with Crippen LogP contribution in [0.1, 0.15) is 0 Å². The lowest BCUT2D eigenvalue weighted by molar-refractivity contribution is 1.18. The average Bonchev–Trinajstić information content (AvgIpc) is 3.64. The molecule has 44 heavy (non-hydrogen) atoms. The molecule has 0 aliphatic carbocycles. The number of hydrogen-bond acceptors (Lipinski definition) is 3. The van der Waals surface area contributed by atoms with Crippen molar-refractivity contribution in [3.8, 4) is 39.5 Å². The van der Waals surface area contributed by atoms with Crippen molar-refractivity contribution < 1.29 is 0 Å². The lowest BCUT2D eigenvalue weighted by atomic mass is 10.0. The monoisotopic (exact) mass is 579 g/mol. The van der Waals surface area contributed by atoms with E-state index < -0.39 is 0 Å². The number of fused-ring (bicyclic) bond motifs is 6. The fourth-order valence-corrected chi connectivity index (χ4v) is 7.45. The zero-order valence-electron chi connectivity index (χ0n) is 23.7. The first-order chi connectivity index (χ1) is 21.8. The maximum absolute atomic E-state index is 5.15. The molecule has 206 valence electrons. The first kappa shape index (κ1) is 25.0. The molecule has 6 aromatic carbocycles. The van der Waals surface area contributed by atoms with Crippen molar-refractivity contribution in [2.24, 2.45) is 0 Å². The summed E-state index contributed by atoms with van der Waals surface area (Å²) in [5, 5.41) is 4.88. The summed E-state index contributed by atoms with van der Waals surface area (Å²) in [6, 6.07) is 53.7. The Bertz CT molecular complexity index is 2420. The number of rotatable bonds is 4. The minimum atomic E-state index is 0.746. The highest BCUT2D eigenvalue weighted by atomic mass is 32.1. The third-order valence-electron chi connectivity index (χ3n) is 8.47. The molecule has 0 radical (unpaired) electrons. The number of thiophene rings is 1. The number of para-hydroxylation sites is 2. The molecule has 0 fully saturated rings. The van der Waals surface area contributed by atoms with Gasteiger partial charge in [0.05, 0.1) is 16.7 Å². The molecule has 0 saturated carbocycles. The van der Waals surface area contributed by atoms with E-state index in [2.05, 4.69) is 150 Å². The molecule has 0 saturated heterocycles. The van der Waals surface area contributed by atoms with Crippen molar-refractivity contribution in [2.45, 2.75) is 0 Å². The summed E-state index contributed by atoms with van der Waals surface area (Å²) in [5.41, 5.74) is 9.01. The van der Waals surface area contributed by atoms with Gasteiger partial charge in [0.25, 0.3) is 0 Å². The lowest BCUT2D eigenvalue weighted by Crippen LogP contribution is -1.94. The molecule has 3 nitrogen and oxygen atoms in total. The number of hydrogen-bond donors (Lipinski definition) is 0. The van der Waals surface area contributed by atoms with Crippen molar-refractivity contribution in [1.82, 2.24) is 14.5 Å². The van der Waals surface area contributed by atoms with Crippen LogP contribution in [0, 0.1) is 0 Å². The van der Waals surface area contributed by atoms with E-state index in [9.17, 15) is 0 Å². The zero-order valence-corrected chi connectivity index (χ0v) is 24.5. The maximum atomic E-state index is 5.15. The van der Waals surface area contributed by atoms with Crippen LogP contribution >= 0.6 is 11.3 Å². The summed E-state index contributed by atoms with van der Waals surface area (Å²) >= 11 is 1.73.